The normalized spacial score (nSPS) is 25.8. The van der Waals surface area contributed by atoms with Crippen molar-refractivity contribution in [1.82, 2.24) is 5.32 Å². The lowest BCUT2D eigenvalue weighted by molar-refractivity contribution is 0.163. The Hall–Kier alpha value is -1.29. The van der Waals surface area contributed by atoms with Crippen molar-refractivity contribution >= 4 is 0 Å². The minimum atomic E-state index is -1.39. The summed E-state index contributed by atoms with van der Waals surface area (Å²) in [4.78, 5) is 0. The Morgan fingerprint density at radius 1 is 1.25 bits per heavy atom. The Labute approximate surface area is 119 Å². The van der Waals surface area contributed by atoms with Crippen LogP contribution in [-0.2, 0) is 11.2 Å². The van der Waals surface area contributed by atoms with Gasteiger partial charge in [-0.25, -0.2) is 4.39 Å². The van der Waals surface area contributed by atoms with E-state index in [9.17, 15) is 4.39 Å². The van der Waals surface area contributed by atoms with E-state index >= 15 is 0 Å². The standard InChI is InChI=1S/C16H22FNO2/c1-15(2,17)11-9-12(16(3)5-4-6-18-16)14-13(10-11)19-7-8-20-14/h9-10,18H,4-8H2,1-3H3. The SMILES string of the molecule is CC(C)(F)c1cc2c(c(C3(C)CCCN3)c1)OCCO2. The van der Waals surface area contributed by atoms with Crippen LogP contribution < -0.4 is 14.8 Å². The smallest absolute Gasteiger partial charge is 0.166 e. The summed E-state index contributed by atoms with van der Waals surface area (Å²) in [6.07, 6.45) is 2.15. The predicted octanol–water partition coefficient (Wildman–Crippen LogP) is 3.26. The van der Waals surface area contributed by atoms with Gasteiger partial charge in [0.05, 0.1) is 0 Å². The fourth-order valence-electron chi connectivity index (χ4n) is 3.03. The molecule has 0 saturated carbocycles. The molecule has 20 heavy (non-hydrogen) atoms. The van der Waals surface area contributed by atoms with E-state index in [1.165, 1.54) is 0 Å². The highest BCUT2D eigenvalue weighted by Crippen LogP contribution is 2.45. The average Bonchev–Trinajstić information content (AvgIpc) is 2.84. The maximum atomic E-state index is 14.4. The Morgan fingerprint density at radius 3 is 2.65 bits per heavy atom. The van der Waals surface area contributed by atoms with Crippen LogP contribution >= 0.6 is 0 Å². The fraction of sp³-hybridized carbons (Fsp3) is 0.625. The van der Waals surface area contributed by atoms with Crippen LogP contribution in [0.25, 0.3) is 0 Å². The van der Waals surface area contributed by atoms with Gasteiger partial charge in [-0.15, -0.1) is 0 Å². The van der Waals surface area contributed by atoms with Gasteiger partial charge in [0.15, 0.2) is 11.5 Å². The summed E-state index contributed by atoms with van der Waals surface area (Å²) in [6, 6.07) is 3.71. The first kappa shape index (κ1) is 13.7. The second-order valence-electron chi connectivity index (χ2n) is 6.38. The molecule has 1 aromatic rings. The summed E-state index contributed by atoms with van der Waals surface area (Å²) in [5.74, 6) is 1.45. The number of fused-ring (bicyclic) bond motifs is 1. The second kappa shape index (κ2) is 4.62. The van der Waals surface area contributed by atoms with Crippen LogP contribution in [0.2, 0.25) is 0 Å². The Morgan fingerprint density at radius 2 is 2.00 bits per heavy atom. The number of rotatable bonds is 2. The van der Waals surface area contributed by atoms with Crippen LogP contribution in [0.3, 0.4) is 0 Å². The van der Waals surface area contributed by atoms with E-state index in [1.54, 1.807) is 19.9 Å². The van der Waals surface area contributed by atoms with Gasteiger partial charge in [0, 0.05) is 11.1 Å². The minimum absolute atomic E-state index is 0.161. The molecule has 1 fully saturated rings. The van der Waals surface area contributed by atoms with Gasteiger partial charge in [-0.3, -0.25) is 0 Å². The van der Waals surface area contributed by atoms with E-state index in [-0.39, 0.29) is 5.54 Å². The van der Waals surface area contributed by atoms with E-state index in [4.69, 9.17) is 9.47 Å². The van der Waals surface area contributed by atoms with E-state index in [0.717, 1.165) is 30.7 Å². The maximum absolute atomic E-state index is 14.4. The van der Waals surface area contributed by atoms with Crippen molar-refractivity contribution in [1.29, 1.82) is 0 Å². The number of nitrogens with one attached hydrogen (secondary N) is 1. The molecule has 1 atom stereocenters. The van der Waals surface area contributed by atoms with Gasteiger partial charge in [0.25, 0.3) is 0 Å². The van der Waals surface area contributed by atoms with Gasteiger partial charge in [-0.05, 0) is 57.9 Å². The number of hydrogen-bond donors (Lipinski definition) is 1. The average molecular weight is 279 g/mol. The molecule has 0 bridgehead atoms. The summed E-state index contributed by atoms with van der Waals surface area (Å²) < 4.78 is 25.9. The Kier molecular flexibility index (Phi) is 3.16. The molecule has 110 valence electrons. The van der Waals surface area contributed by atoms with Crippen LogP contribution in [0.15, 0.2) is 12.1 Å². The van der Waals surface area contributed by atoms with Crippen molar-refractivity contribution in [2.75, 3.05) is 19.8 Å². The van der Waals surface area contributed by atoms with Crippen LogP contribution in [0.4, 0.5) is 4.39 Å². The molecule has 0 aromatic heterocycles. The van der Waals surface area contributed by atoms with E-state index < -0.39 is 5.67 Å². The van der Waals surface area contributed by atoms with Crippen LogP contribution in [0.5, 0.6) is 11.5 Å². The van der Waals surface area contributed by atoms with Gasteiger partial charge >= 0.3 is 0 Å². The third-order valence-corrected chi connectivity index (χ3v) is 4.29. The number of hydrogen-bond acceptors (Lipinski definition) is 3. The lowest BCUT2D eigenvalue weighted by Crippen LogP contribution is -2.35. The van der Waals surface area contributed by atoms with Crippen molar-refractivity contribution in [2.24, 2.45) is 0 Å². The molecule has 1 unspecified atom stereocenters. The van der Waals surface area contributed by atoms with Gasteiger partial charge < -0.3 is 14.8 Å². The van der Waals surface area contributed by atoms with Crippen molar-refractivity contribution in [3.05, 3.63) is 23.3 Å². The molecule has 2 heterocycles. The first-order valence-corrected chi connectivity index (χ1v) is 7.29. The molecule has 0 aliphatic carbocycles. The highest BCUT2D eigenvalue weighted by molar-refractivity contribution is 5.54. The number of ether oxygens (including phenoxy) is 2. The Bertz CT molecular complexity index is 516. The summed E-state index contributed by atoms with van der Waals surface area (Å²) in [7, 11) is 0. The quantitative estimate of drug-likeness (QED) is 0.901. The largest absolute Gasteiger partial charge is 0.486 e. The van der Waals surface area contributed by atoms with Crippen LogP contribution in [0, 0.1) is 0 Å². The van der Waals surface area contributed by atoms with E-state index in [2.05, 4.69) is 12.2 Å². The molecule has 0 amide bonds. The molecule has 2 aliphatic rings. The topological polar surface area (TPSA) is 30.5 Å². The zero-order valence-electron chi connectivity index (χ0n) is 12.4. The van der Waals surface area contributed by atoms with E-state index in [0.29, 0.717) is 24.5 Å². The van der Waals surface area contributed by atoms with Crippen molar-refractivity contribution < 1.29 is 13.9 Å². The summed E-state index contributed by atoms with van der Waals surface area (Å²) in [5, 5.41) is 3.52. The lowest BCUT2D eigenvalue weighted by atomic mass is 9.86. The highest BCUT2D eigenvalue weighted by atomic mass is 19.1. The highest BCUT2D eigenvalue weighted by Gasteiger charge is 2.36. The summed E-state index contributed by atoms with van der Waals surface area (Å²) in [6.45, 7) is 7.36. The van der Waals surface area contributed by atoms with E-state index in [1.807, 2.05) is 6.07 Å². The fourth-order valence-corrected chi connectivity index (χ4v) is 3.03. The molecular weight excluding hydrogens is 257 g/mol. The molecule has 4 heteroatoms. The molecule has 1 aromatic carbocycles. The third kappa shape index (κ3) is 2.26. The van der Waals surface area contributed by atoms with Crippen molar-refractivity contribution in [2.45, 2.75) is 44.8 Å². The molecule has 3 rings (SSSR count). The maximum Gasteiger partial charge on any atom is 0.166 e. The molecule has 3 nitrogen and oxygen atoms in total. The zero-order chi connectivity index (χ0) is 14.4. The first-order valence-electron chi connectivity index (χ1n) is 7.29. The molecule has 1 N–H and O–H groups in total. The lowest BCUT2D eigenvalue weighted by Gasteiger charge is -2.32. The molecule has 0 radical (unpaired) electrons. The minimum Gasteiger partial charge on any atom is -0.486 e. The third-order valence-electron chi connectivity index (χ3n) is 4.29. The first-order chi connectivity index (χ1) is 9.40. The van der Waals surface area contributed by atoms with Crippen LogP contribution in [-0.4, -0.2) is 19.8 Å². The van der Waals surface area contributed by atoms with Crippen molar-refractivity contribution in [3.8, 4) is 11.5 Å². The molecule has 1 saturated heterocycles. The summed E-state index contributed by atoms with van der Waals surface area (Å²) in [5.41, 5.74) is 0.116. The Balaban J connectivity index is 2.15. The predicted molar refractivity (Wildman–Crippen MR) is 76.2 cm³/mol. The van der Waals surface area contributed by atoms with Gasteiger partial charge in [0.1, 0.15) is 18.9 Å². The van der Waals surface area contributed by atoms with Crippen molar-refractivity contribution in [3.63, 3.8) is 0 Å². The van der Waals surface area contributed by atoms with Crippen LogP contribution in [0.1, 0.15) is 44.7 Å². The second-order valence-corrected chi connectivity index (χ2v) is 6.38. The monoisotopic (exact) mass is 279 g/mol. The zero-order valence-corrected chi connectivity index (χ0v) is 12.4. The summed E-state index contributed by atoms with van der Waals surface area (Å²) >= 11 is 0. The molecular formula is C16H22FNO2. The molecule has 0 spiro atoms. The van der Waals surface area contributed by atoms with Gasteiger partial charge in [0.2, 0.25) is 0 Å². The molecule has 2 aliphatic heterocycles. The van der Waals surface area contributed by atoms with Gasteiger partial charge in [-0.1, -0.05) is 0 Å². The number of benzene rings is 1. The number of alkyl halides is 1. The van der Waals surface area contributed by atoms with Gasteiger partial charge in [-0.2, -0.15) is 0 Å². The number of halogens is 1.